The van der Waals surface area contributed by atoms with E-state index in [-0.39, 0.29) is 0 Å². The predicted molar refractivity (Wildman–Crippen MR) is 65.1 cm³/mol. The molecule has 2 N–H and O–H groups in total. The Morgan fingerprint density at radius 3 is 2.71 bits per heavy atom. The van der Waals surface area contributed by atoms with Crippen LogP contribution in [0.2, 0.25) is 0 Å². The van der Waals surface area contributed by atoms with Crippen molar-refractivity contribution in [3.05, 3.63) is 0 Å². The zero-order valence-electron chi connectivity index (χ0n) is 9.18. The molecule has 0 amide bonds. The molecule has 0 spiro atoms. The lowest BCUT2D eigenvalue weighted by Crippen LogP contribution is -2.43. The summed E-state index contributed by atoms with van der Waals surface area (Å²) >= 11 is 1.85. The normalized spacial score (nSPS) is 18.6. The lowest BCUT2D eigenvalue weighted by Gasteiger charge is -2.16. The van der Waals surface area contributed by atoms with Crippen LogP contribution in [0, 0.1) is 0 Å². The van der Waals surface area contributed by atoms with E-state index in [0.717, 1.165) is 18.3 Å². The van der Waals surface area contributed by atoms with Crippen LogP contribution in [0.5, 0.6) is 0 Å². The van der Waals surface area contributed by atoms with Gasteiger partial charge in [-0.15, -0.1) is 0 Å². The summed E-state index contributed by atoms with van der Waals surface area (Å²) < 4.78 is 0. The molecule has 3 nitrogen and oxygen atoms in total. The van der Waals surface area contributed by atoms with Crippen LogP contribution < -0.4 is 10.6 Å². The van der Waals surface area contributed by atoms with Crippen molar-refractivity contribution in [1.82, 2.24) is 10.6 Å². The van der Waals surface area contributed by atoms with Gasteiger partial charge in [0.1, 0.15) is 0 Å². The van der Waals surface area contributed by atoms with Gasteiger partial charge in [-0.05, 0) is 19.1 Å². The van der Waals surface area contributed by atoms with Crippen LogP contribution in [0.15, 0.2) is 4.99 Å². The summed E-state index contributed by atoms with van der Waals surface area (Å²) in [6, 6.07) is 0.649. The van der Waals surface area contributed by atoms with Gasteiger partial charge in [-0.1, -0.05) is 12.8 Å². The first-order valence-electron chi connectivity index (χ1n) is 5.33. The second-order valence-corrected chi connectivity index (χ2v) is 4.60. The summed E-state index contributed by atoms with van der Waals surface area (Å²) in [5.41, 5.74) is 0. The first-order valence-corrected chi connectivity index (χ1v) is 6.72. The first-order chi connectivity index (χ1) is 6.86. The van der Waals surface area contributed by atoms with E-state index < -0.39 is 0 Å². The summed E-state index contributed by atoms with van der Waals surface area (Å²) in [6.07, 6.45) is 7.43. The maximum absolute atomic E-state index is 4.21. The molecule has 4 heteroatoms. The number of aliphatic imine (C=N–C) groups is 1. The lowest BCUT2D eigenvalue weighted by molar-refractivity contribution is 0.616. The van der Waals surface area contributed by atoms with Gasteiger partial charge in [-0.3, -0.25) is 4.99 Å². The molecular weight excluding hydrogens is 194 g/mol. The van der Waals surface area contributed by atoms with E-state index in [1.165, 1.54) is 25.7 Å². The van der Waals surface area contributed by atoms with Crippen molar-refractivity contribution in [2.45, 2.75) is 31.7 Å². The van der Waals surface area contributed by atoms with E-state index in [4.69, 9.17) is 0 Å². The fourth-order valence-electron chi connectivity index (χ4n) is 1.73. The summed E-state index contributed by atoms with van der Waals surface area (Å²) in [7, 11) is 1.84. The van der Waals surface area contributed by atoms with Gasteiger partial charge < -0.3 is 10.6 Å². The smallest absolute Gasteiger partial charge is 0.191 e. The second kappa shape index (κ2) is 6.98. The summed E-state index contributed by atoms with van der Waals surface area (Å²) in [4.78, 5) is 4.21. The highest BCUT2D eigenvalue weighted by atomic mass is 32.2. The Bertz CT molecular complexity index is 176. The third-order valence-electron chi connectivity index (χ3n) is 2.52. The maximum Gasteiger partial charge on any atom is 0.191 e. The summed E-state index contributed by atoms with van der Waals surface area (Å²) in [5, 5.41) is 6.77. The predicted octanol–water partition coefficient (Wildman–Crippen LogP) is 1.46. The Kier molecular flexibility index (Phi) is 5.83. The number of guanidine groups is 1. The number of rotatable bonds is 4. The van der Waals surface area contributed by atoms with E-state index in [0.29, 0.717) is 6.04 Å². The van der Waals surface area contributed by atoms with Gasteiger partial charge in [-0.2, -0.15) is 11.8 Å². The van der Waals surface area contributed by atoms with Crippen molar-refractivity contribution in [2.75, 3.05) is 25.6 Å². The molecule has 0 heterocycles. The van der Waals surface area contributed by atoms with Crippen molar-refractivity contribution in [1.29, 1.82) is 0 Å². The van der Waals surface area contributed by atoms with Gasteiger partial charge in [0.25, 0.3) is 0 Å². The zero-order valence-corrected chi connectivity index (χ0v) is 9.99. The van der Waals surface area contributed by atoms with E-state index in [1.807, 2.05) is 18.8 Å². The highest BCUT2D eigenvalue weighted by molar-refractivity contribution is 7.98. The van der Waals surface area contributed by atoms with Crippen LogP contribution in [0.1, 0.15) is 25.7 Å². The standard InChI is InChI=1S/C10H21N3S/c1-11-10(12-7-8-14-2)13-9-5-3-4-6-9/h9H,3-8H2,1-2H3,(H2,11,12,13). The van der Waals surface area contributed by atoms with Gasteiger partial charge in [0.15, 0.2) is 5.96 Å². The van der Waals surface area contributed by atoms with Crippen molar-refractivity contribution < 1.29 is 0 Å². The molecule has 1 saturated carbocycles. The Morgan fingerprint density at radius 2 is 2.14 bits per heavy atom. The van der Waals surface area contributed by atoms with E-state index in [1.54, 1.807) is 0 Å². The average molecular weight is 215 g/mol. The van der Waals surface area contributed by atoms with Gasteiger partial charge in [-0.25, -0.2) is 0 Å². The molecule has 0 bridgehead atoms. The maximum atomic E-state index is 4.21. The minimum absolute atomic E-state index is 0.649. The third kappa shape index (κ3) is 4.22. The molecule has 82 valence electrons. The number of hydrogen-bond acceptors (Lipinski definition) is 2. The van der Waals surface area contributed by atoms with Crippen LogP contribution in [0.4, 0.5) is 0 Å². The SMILES string of the molecule is CN=C(NCCSC)NC1CCCC1. The minimum atomic E-state index is 0.649. The molecule has 0 radical (unpaired) electrons. The van der Waals surface area contributed by atoms with E-state index in [9.17, 15) is 0 Å². The zero-order chi connectivity index (χ0) is 10.2. The second-order valence-electron chi connectivity index (χ2n) is 3.62. The van der Waals surface area contributed by atoms with Gasteiger partial charge in [0.05, 0.1) is 0 Å². The van der Waals surface area contributed by atoms with Gasteiger partial charge in [0.2, 0.25) is 0 Å². The molecule has 1 aliphatic carbocycles. The van der Waals surface area contributed by atoms with Crippen molar-refractivity contribution in [2.24, 2.45) is 4.99 Å². The molecule has 0 atom stereocenters. The lowest BCUT2D eigenvalue weighted by atomic mass is 10.2. The fraction of sp³-hybridized carbons (Fsp3) is 0.900. The molecule has 14 heavy (non-hydrogen) atoms. The van der Waals surface area contributed by atoms with Crippen LogP contribution >= 0.6 is 11.8 Å². The average Bonchev–Trinajstić information content (AvgIpc) is 2.69. The van der Waals surface area contributed by atoms with Gasteiger partial charge in [0, 0.05) is 25.4 Å². The third-order valence-corrected chi connectivity index (χ3v) is 3.13. The molecule has 1 fully saturated rings. The van der Waals surface area contributed by atoms with Crippen molar-refractivity contribution in [3.63, 3.8) is 0 Å². The quantitative estimate of drug-likeness (QED) is 0.423. The molecule has 0 aromatic rings. The minimum Gasteiger partial charge on any atom is -0.356 e. The largest absolute Gasteiger partial charge is 0.356 e. The van der Waals surface area contributed by atoms with E-state index >= 15 is 0 Å². The van der Waals surface area contributed by atoms with Crippen LogP contribution in [0.25, 0.3) is 0 Å². The number of nitrogens with one attached hydrogen (secondary N) is 2. The number of hydrogen-bond donors (Lipinski definition) is 2. The highest BCUT2D eigenvalue weighted by Crippen LogP contribution is 2.17. The highest BCUT2D eigenvalue weighted by Gasteiger charge is 2.15. The number of nitrogens with zero attached hydrogens (tertiary/aromatic N) is 1. The Hall–Kier alpha value is -0.380. The molecule has 0 aromatic heterocycles. The molecular formula is C10H21N3S. The van der Waals surface area contributed by atoms with Crippen LogP contribution in [-0.4, -0.2) is 37.6 Å². The van der Waals surface area contributed by atoms with E-state index in [2.05, 4.69) is 21.9 Å². The molecule has 1 aliphatic rings. The van der Waals surface area contributed by atoms with Crippen LogP contribution in [0.3, 0.4) is 0 Å². The molecule has 0 unspecified atom stereocenters. The summed E-state index contributed by atoms with van der Waals surface area (Å²) in [6.45, 7) is 0.994. The first kappa shape index (κ1) is 11.7. The fourth-order valence-corrected chi connectivity index (χ4v) is 2.04. The Labute approximate surface area is 91.1 Å². The number of thioether (sulfide) groups is 1. The monoisotopic (exact) mass is 215 g/mol. The molecule has 1 rings (SSSR count). The Balaban J connectivity index is 2.17. The Morgan fingerprint density at radius 1 is 1.43 bits per heavy atom. The van der Waals surface area contributed by atoms with Crippen LogP contribution in [-0.2, 0) is 0 Å². The van der Waals surface area contributed by atoms with Gasteiger partial charge >= 0.3 is 0 Å². The molecule has 0 aliphatic heterocycles. The van der Waals surface area contributed by atoms with Crippen molar-refractivity contribution in [3.8, 4) is 0 Å². The molecule has 0 saturated heterocycles. The topological polar surface area (TPSA) is 36.4 Å². The van der Waals surface area contributed by atoms with Crippen molar-refractivity contribution >= 4 is 17.7 Å². The molecule has 0 aromatic carbocycles. The summed E-state index contributed by atoms with van der Waals surface area (Å²) in [5.74, 6) is 2.09.